The van der Waals surface area contributed by atoms with Gasteiger partial charge in [-0.3, -0.25) is 4.57 Å². The quantitative estimate of drug-likeness (QED) is 0.286. The van der Waals surface area contributed by atoms with Crippen LogP contribution in [0.3, 0.4) is 0 Å². The summed E-state index contributed by atoms with van der Waals surface area (Å²) in [4.78, 5) is 0. The fraction of sp³-hybridized carbons (Fsp3) is 1.00. The summed E-state index contributed by atoms with van der Waals surface area (Å²) in [6, 6.07) is 0. The van der Waals surface area contributed by atoms with E-state index in [-0.39, 0.29) is 12.2 Å². The van der Waals surface area contributed by atoms with Crippen molar-refractivity contribution in [3.63, 3.8) is 0 Å². The van der Waals surface area contributed by atoms with Crippen LogP contribution in [0, 0.1) is 0 Å². The second-order valence-electron chi connectivity index (χ2n) is 5.81. The lowest BCUT2D eigenvalue weighted by Crippen LogP contribution is -2.07. The van der Waals surface area contributed by atoms with Crippen LogP contribution in [0.1, 0.15) is 91.9 Å². The lowest BCUT2D eigenvalue weighted by molar-refractivity contribution is 0.133. The molecule has 0 aliphatic heterocycles. The Labute approximate surface area is 126 Å². The molecule has 0 radical (unpaired) electrons. The summed E-state index contributed by atoms with van der Waals surface area (Å²) in [5.74, 6) is 0. The van der Waals surface area contributed by atoms with E-state index in [2.05, 4.69) is 13.8 Å². The first-order chi connectivity index (χ1) is 9.60. The molecule has 3 nitrogen and oxygen atoms in total. The van der Waals surface area contributed by atoms with Crippen LogP contribution in [-0.2, 0) is 13.6 Å². The van der Waals surface area contributed by atoms with Crippen molar-refractivity contribution in [1.82, 2.24) is 0 Å². The molecule has 0 rings (SSSR count). The third-order valence-electron chi connectivity index (χ3n) is 3.52. The number of hydrogen-bond acceptors (Lipinski definition) is 3. The second-order valence-corrected chi connectivity index (χ2v) is 6.78. The van der Waals surface area contributed by atoms with Crippen LogP contribution in [0.25, 0.3) is 0 Å². The molecule has 0 spiro atoms. The standard InChI is InChI=1S/C16H35O3P/c1-5-7-9-11-13-15(3)18-20(17)19-16(4)14-12-10-8-6-2/h15-16,20H,5-14H2,1-4H3. The van der Waals surface area contributed by atoms with Crippen molar-refractivity contribution < 1.29 is 13.6 Å². The molecule has 0 aromatic rings. The Hall–Kier alpha value is 0.150. The molecule has 2 atom stereocenters. The van der Waals surface area contributed by atoms with Crippen molar-refractivity contribution in [1.29, 1.82) is 0 Å². The van der Waals surface area contributed by atoms with E-state index in [1.54, 1.807) is 0 Å². The summed E-state index contributed by atoms with van der Waals surface area (Å²) in [5.41, 5.74) is 0. The zero-order valence-electron chi connectivity index (χ0n) is 14.0. The molecular formula is C16H35O3P. The molecule has 20 heavy (non-hydrogen) atoms. The van der Waals surface area contributed by atoms with E-state index in [0.717, 1.165) is 25.7 Å². The molecule has 0 N–H and O–H groups in total. The number of unbranched alkanes of at least 4 members (excludes halogenated alkanes) is 6. The predicted molar refractivity (Wildman–Crippen MR) is 87.6 cm³/mol. The van der Waals surface area contributed by atoms with Crippen molar-refractivity contribution >= 4 is 8.25 Å². The average molecular weight is 306 g/mol. The number of rotatable bonds is 14. The topological polar surface area (TPSA) is 35.5 Å². The van der Waals surface area contributed by atoms with E-state index in [4.69, 9.17) is 9.05 Å². The molecule has 0 heterocycles. The van der Waals surface area contributed by atoms with Crippen LogP contribution >= 0.6 is 8.25 Å². The van der Waals surface area contributed by atoms with Gasteiger partial charge in [0.2, 0.25) is 0 Å². The first-order valence-corrected chi connectivity index (χ1v) is 9.69. The van der Waals surface area contributed by atoms with Gasteiger partial charge in [-0.2, -0.15) is 0 Å². The summed E-state index contributed by atoms with van der Waals surface area (Å²) in [6.07, 6.45) is 11.8. The zero-order chi connectivity index (χ0) is 15.2. The third-order valence-corrected chi connectivity index (χ3v) is 4.71. The van der Waals surface area contributed by atoms with Crippen LogP contribution in [0.5, 0.6) is 0 Å². The Balaban J connectivity index is 3.59. The molecule has 2 unspecified atom stereocenters. The Morgan fingerprint density at radius 3 is 1.50 bits per heavy atom. The van der Waals surface area contributed by atoms with Gasteiger partial charge < -0.3 is 9.05 Å². The summed E-state index contributed by atoms with van der Waals surface area (Å²) in [5, 5.41) is 0. The fourth-order valence-electron chi connectivity index (χ4n) is 2.19. The van der Waals surface area contributed by atoms with Gasteiger partial charge >= 0.3 is 8.25 Å². The highest BCUT2D eigenvalue weighted by atomic mass is 31.1. The van der Waals surface area contributed by atoms with E-state index in [9.17, 15) is 4.57 Å². The highest BCUT2D eigenvalue weighted by Crippen LogP contribution is 2.30. The van der Waals surface area contributed by atoms with Gasteiger partial charge in [-0.25, -0.2) is 0 Å². The van der Waals surface area contributed by atoms with Gasteiger partial charge in [-0.15, -0.1) is 0 Å². The Kier molecular flexibility index (Phi) is 14.2. The molecule has 0 aliphatic carbocycles. The van der Waals surface area contributed by atoms with E-state index in [1.807, 2.05) is 13.8 Å². The normalized spacial score (nSPS) is 16.0. The summed E-state index contributed by atoms with van der Waals surface area (Å²) in [7, 11) is -2.32. The van der Waals surface area contributed by atoms with Crippen LogP contribution in [0.4, 0.5) is 0 Å². The van der Waals surface area contributed by atoms with Gasteiger partial charge in [-0.1, -0.05) is 65.2 Å². The minimum atomic E-state index is -2.32. The van der Waals surface area contributed by atoms with Gasteiger partial charge in [0.25, 0.3) is 0 Å². The summed E-state index contributed by atoms with van der Waals surface area (Å²) < 4.78 is 22.7. The maximum Gasteiger partial charge on any atom is 0.319 e. The monoisotopic (exact) mass is 306 g/mol. The SMILES string of the molecule is CCCCCCC(C)O[PH](=O)OC(C)CCCCCC. The van der Waals surface area contributed by atoms with Crippen molar-refractivity contribution in [2.45, 2.75) is 104 Å². The van der Waals surface area contributed by atoms with Crippen molar-refractivity contribution in [2.75, 3.05) is 0 Å². The van der Waals surface area contributed by atoms with Gasteiger partial charge in [0, 0.05) is 0 Å². The molecule has 0 fully saturated rings. The van der Waals surface area contributed by atoms with Crippen LogP contribution in [-0.4, -0.2) is 12.2 Å². The van der Waals surface area contributed by atoms with Crippen molar-refractivity contribution in [3.05, 3.63) is 0 Å². The van der Waals surface area contributed by atoms with E-state index in [1.165, 1.54) is 38.5 Å². The van der Waals surface area contributed by atoms with Crippen LogP contribution in [0.15, 0.2) is 0 Å². The van der Waals surface area contributed by atoms with E-state index >= 15 is 0 Å². The molecule has 0 bridgehead atoms. The van der Waals surface area contributed by atoms with Crippen LogP contribution < -0.4 is 0 Å². The number of hydrogen-bond donors (Lipinski definition) is 0. The van der Waals surface area contributed by atoms with Crippen molar-refractivity contribution in [3.8, 4) is 0 Å². The lowest BCUT2D eigenvalue weighted by atomic mass is 10.1. The van der Waals surface area contributed by atoms with Gasteiger partial charge in [-0.05, 0) is 26.7 Å². The third kappa shape index (κ3) is 13.1. The Morgan fingerprint density at radius 2 is 1.15 bits per heavy atom. The predicted octanol–water partition coefficient (Wildman–Crippen LogP) is 6.13. The minimum absolute atomic E-state index is 0.0468. The summed E-state index contributed by atoms with van der Waals surface area (Å²) >= 11 is 0. The van der Waals surface area contributed by atoms with Gasteiger partial charge in [0.15, 0.2) is 0 Å². The first kappa shape index (κ1) is 20.1. The second kappa shape index (κ2) is 14.1. The Bertz CT molecular complexity index is 212. The van der Waals surface area contributed by atoms with Crippen molar-refractivity contribution in [2.24, 2.45) is 0 Å². The molecule has 0 aromatic carbocycles. The highest BCUT2D eigenvalue weighted by Gasteiger charge is 2.11. The molecule has 0 aliphatic rings. The molecule has 4 heteroatoms. The van der Waals surface area contributed by atoms with Gasteiger partial charge in [0.05, 0.1) is 12.2 Å². The fourth-order valence-corrected chi connectivity index (χ4v) is 3.14. The maximum atomic E-state index is 11.8. The molecular weight excluding hydrogens is 271 g/mol. The van der Waals surface area contributed by atoms with E-state index < -0.39 is 8.25 Å². The highest BCUT2D eigenvalue weighted by molar-refractivity contribution is 7.33. The maximum absolute atomic E-state index is 11.8. The summed E-state index contributed by atoms with van der Waals surface area (Å²) in [6.45, 7) is 8.39. The molecule has 0 aromatic heterocycles. The minimum Gasteiger partial charge on any atom is -0.308 e. The lowest BCUT2D eigenvalue weighted by Gasteiger charge is -2.16. The first-order valence-electron chi connectivity index (χ1n) is 8.47. The molecule has 0 saturated carbocycles. The average Bonchev–Trinajstić information content (AvgIpc) is 2.39. The van der Waals surface area contributed by atoms with Gasteiger partial charge in [0.1, 0.15) is 0 Å². The zero-order valence-corrected chi connectivity index (χ0v) is 15.0. The molecule has 0 saturated heterocycles. The smallest absolute Gasteiger partial charge is 0.308 e. The molecule has 0 amide bonds. The van der Waals surface area contributed by atoms with Crippen LogP contribution in [0.2, 0.25) is 0 Å². The Morgan fingerprint density at radius 1 is 0.750 bits per heavy atom. The largest absolute Gasteiger partial charge is 0.319 e. The van der Waals surface area contributed by atoms with E-state index in [0.29, 0.717) is 0 Å². The molecule has 122 valence electrons.